The van der Waals surface area contributed by atoms with Gasteiger partial charge in [-0.3, -0.25) is 0 Å². The zero-order valence-electron chi connectivity index (χ0n) is 12.7. The lowest BCUT2D eigenvalue weighted by Gasteiger charge is -2.04. The Morgan fingerprint density at radius 1 is 1.09 bits per heavy atom. The molecule has 1 heterocycles. The molecule has 5 nitrogen and oxygen atoms in total. The van der Waals surface area contributed by atoms with Gasteiger partial charge in [-0.15, -0.1) is 0 Å². The van der Waals surface area contributed by atoms with Crippen LogP contribution in [0.25, 0.3) is 6.08 Å². The lowest BCUT2D eigenvalue weighted by atomic mass is 10.2. The number of aryl methyl sites for hydroxylation is 1. The fourth-order valence-electron chi connectivity index (χ4n) is 2.12. The van der Waals surface area contributed by atoms with Gasteiger partial charge < -0.3 is 9.47 Å². The maximum atomic E-state index is 12.0. The quantitative estimate of drug-likeness (QED) is 0.915. The maximum absolute atomic E-state index is 12.0. The van der Waals surface area contributed by atoms with E-state index in [9.17, 15) is 8.42 Å². The Hall–Kier alpha value is -2.31. The average molecular weight is 331 g/mol. The van der Waals surface area contributed by atoms with Crippen molar-refractivity contribution in [2.24, 2.45) is 0 Å². The highest BCUT2D eigenvalue weighted by molar-refractivity contribution is 7.92. The van der Waals surface area contributed by atoms with E-state index < -0.39 is 10.0 Å². The van der Waals surface area contributed by atoms with E-state index in [1.165, 1.54) is 6.08 Å². The first kappa shape index (κ1) is 15.6. The molecule has 0 atom stereocenters. The van der Waals surface area contributed by atoms with Gasteiger partial charge >= 0.3 is 0 Å². The number of sulfonamides is 1. The van der Waals surface area contributed by atoms with Crippen molar-refractivity contribution in [1.29, 1.82) is 0 Å². The molecule has 0 radical (unpaired) electrons. The van der Waals surface area contributed by atoms with Gasteiger partial charge in [0.2, 0.25) is 16.8 Å². The molecule has 1 aliphatic rings. The summed E-state index contributed by atoms with van der Waals surface area (Å²) in [6.45, 7) is 2.44. The highest BCUT2D eigenvalue weighted by Crippen LogP contribution is 2.32. The van der Waals surface area contributed by atoms with Gasteiger partial charge in [-0.05, 0) is 36.3 Å². The van der Waals surface area contributed by atoms with Gasteiger partial charge in [-0.25, -0.2) is 13.1 Å². The third kappa shape index (κ3) is 4.12. The normalized spacial score (nSPS) is 13.6. The van der Waals surface area contributed by atoms with Gasteiger partial charge in [0, 0.05) is 12.0 Å². The fraction of sp³-hybridized carbons (Fsp3) is 0.176. The maximum Gasteiger partial charge on any atom is 0.234 e. The zero-order valence-corrected chi connectivity index (χ0v) is 13.5. The number of rotatable bonds is 5. The molecule has 0 amide bonds. The lowest BCUT2D eigenvalue weighted by Crippen LogP contribution is -2.20. The summed E-state index contributed by atoms with van der Waals surface area (Å²) in [5.41, 5.74) is 2.78. The van der Waals surface area contributed by atoms with Crippen molar-refractivity contribution in [1.82, 2.24) is 4.72 Å². The molecule has 1 N–H and O–H groups in total. The van der Waals surface area contributed by atoms with Gasteiger partial charge in [-0.1, -0.05) is 35.9 Å². The second-order valence-corrected chi connectivity index (χ2v) is 6.92. The highest BCUT2D eigenvalue weighted by Gasteiger charge is 2.12. The number of hydrogen-bond acceptors (Lipinski definition) is 4. The van der Waals surface area contributed by atoms with Crippen LogP contribution in [0.15, 0.2) is 47.9 Å². The third-order valence-electron chi connectivity index (χ3n) is 3.43. The molecule has 0 saturated heterocycles. The second-order valence-electron chi connectivity index (χ2n) is 5.27. The first-order valence-electron chi connectivity index (χ1n) is 7.15. The van der Waals surface area contributed by atoms with Gasteiger partial charge in [0.05, 0.1) is 0 Å². The topological polar surface area (TPSA) is 64.6 Å². The van der Waals surface area contributed by atoms with Gasteiger partial charge in [0.1, 0.15) is 0 Å². The minimum Gasteiger partial charge on any atom is -0.454 e. The SMILES string of the molecule is Cc1ccc(CNS(=O)(=O)/C=C/c2ccc3c(c2)OCO3)cc1. The first-order valence-corrected chi connectivity index (χ1v) is 8.69. The number of ether oxygens (including phenoxy) is 2. The predicted molar refractivity (Wildman–Crippen MR) is 88.5 cm³/mol. The molecule has 0 saturated carbocycles. The standard InChI is InChI=1S/C17H17NO4S/c1-13-2-4-15(5-3-13)11-18-23(19,20)9-8-14-6-7-16-17(10-14)22-12-21-16/h2-10,18H,11-12H2,1H3/b9-8+. The van der Waals surface area contributed by atoms with Gasteiger partial charge in [0.15, 0.2) is 11.5 Å². The molecule has 0 fully saturated rings. The molecule has 0 unspecified atom stereocenters. The molecule has 120 valence electrons. The molecule has 0 spiro atoms. The minimum atomic E-state index is -3.50. The summed E-state index contributed by atoms with van der Waals surface area (Å²) in [6, 6.07) is 13.0. The Morgan fingerprint density at radius 2 is 1.83 bits per heavy atom. The average Bonchev–Trinajstić information content (AvgIpc) is 3.00. The Bertz CT molecular complexity index is 826. The smallest absolute Gasteiger partial charge is 0.234 e. The van der Waals surface area contributed by atoms with E-state index in [-0.39, 0.29) is 13.3 Å². The number of nitrogens with one attached hydrogen (secondary N) is 1. The third-order valence-corrected chi connectivity index (χ3v) is 4.48. The summed E-state index contributed by atoms with van der Waals surface area (Å²) in [5, 5.41) is 1.15. The van der Waals surface area contributed by atoms with Gasteiger partial charge in [0.25, 0.3) is 0 Å². The largest absolute Gasteiger partial charge is 0.454 e. The molecular formula is C17H17NO4S. The van der Waals surface area contributed by atoms with Crippen LogP contribution in [0.5, 0.6) is 11.5 Å². The van der Waals surface area contributed by atoms with Crippen molar-refractivity contribution in [3.8, 4) is 11.5 Å². The summed E-state index contributed by atoms with van der Waals surface area (Å²) < 4.78 is 37.1. The Labute approximate surface area is 135 Å². The minimum absolute atomic E-state index is 0.193. The van der Waals surface area contributed by atoms with Crippen molar-refractivity contribution in [3.63, 3.8) is 0 Å². The van der Waals surface area contributed by atoms with E-state index >= 15 is 0 Å². The van der Waals surface area contributed by atoms with E-state index in [1.807, 2.05) is 31.2 Å². The highest BCUT2D eigenvalue weighted by atomic mass is 32.2. The van der Waals surface area contributed by atoms with Gasteiger partial charge in [-0.2, -0.15) is 0 Å². The Balaban J connectivity index is 1.64. The van der Waals surface area contributed by atoms with Crippen LogP contribution in [0.2, 0.25) is 0 Å². The first-order chi connectivity index (χ1) is 11.0. The Kier molecular flexibility index (Phi) is 4.36. The molecule has 0 aromatic heterocycles. The Morgan fingerprint density at radius 3 is 2.61 bits per heavy atom. The van der Waals surface area contributed by atoms with E-state index in [4.69, 9.17) is 9.47 Å². The van der Waals surface area contributed by atoms with Crippen molar-refractivity contribution in [2.75, 3.05) is 6.79 Å². The summed E-state index contributed by atoms with van der Waals surface area (Å²) in [4.78, 5) is 0. The van der Waals surface area contributed by atoms with Crippen LogP contribution < -0.4 is 14.2 Å². The van der Waals surface area contributed by atoms with Crippen LogP contribution in [-0.2, 0) is 16.6 Å². The number of fused-ring (bicyclic) bond motifs is 1. The summed E-state index contributed by atoms with van der Waals surface area (Å²) in [6.07, 6.45) is 1.53. The number of hydrogen-bond donors (Lipinski definition) is 1. The molecule has 0 aliphatic carbocycles. The predicted octanol–water partition coefficient (Wildman–Crippen LogP) is 2.81. The van der Waals surface area contributed by atoms with E-state index in [0.717, 1.165) is 22.1 Å². The van der Waals surface area contributed by atoms with E-state index in [1.54, 1.807) is 18.2 Å². The zero-order chi connectivity index (χ0) is 16.3. The fourth-order valence-corrected chi connectivity index (χ4v) is 2.92. The molecule has 23 heavy (non-hydrogen) atoms. The summed E-state index contributed by atoms with van der Waals surface area (Å²) in [7, 11) is -3.50. The molecule has 1 aliphatic heterocycles. The van der Waals surface area contributed by atoms with Crippen LogP contribution in [0.4, 0.5) is 0 Å². The second kappa shape index (κ2) is 6.44. The van der Waals surface area contributed by atoms with Crippen LogP contribution in [0.1, 0.15) is 16.7 Å². The number of benzene rings is 2. The van der Waals surface area contributed by atoms with Crippen LogP contribution >= 0.6 is 0 Å². The van der Waals surface area contributed by atoms with Crippen LogP contribution in [0.3, 0.4) is 0 Å². The summed E-state index contributed by atoms with van der Waals surface area (Å²) >= 11 is 0. The molecule has 2 aromatic carbocycles. The van der Waals surface area contributed by atoms with Crippen LogP contribution in [0, 0.1) is 6.92 Å². The monoisotopic (exact) mass is 331 g/mol. The van der Waals surface area contributed by atoms with Crippen molar-refractivity contribution in [3.05, 3.63) is 64.6 Å². The molecule has 0 bridgehead atoms. The summed E-state index contributed by atoms with van der Waals surface area (Å²) in [5.74, 6) is 1.29. The van der Waals surface area contributed by atoms with Crippen LogP contribution in [-0.4, -0.2) is 15.2 Å². The van der Waals surface area contributed by atoms with Crippen molar-refractivity contribution < 1.29 is 17.9 Å². The molecule has 3 rings (SSSR count). The van der Waals surface area contributed by atoms with Crippen molar-refractivity contribution in [2.45, 2.75) is 13.5 Å². The molecule has 2 aromatic rings. The molecular weight excluding hydrogens is 314 g/mol. The lowest BCUT2D eigenvalue weighted by molar-refractivity contribution is 0.174. The molecule has 6 heteroatoms. The van der Waals surface area contributed by atoms with E-state index in [0.29, 0.717) is 11.5 Å². The van der Waals surface area contributed by atoms with E-state index in [2.05, 4.69) is 4.72 Å². The van der Waals surface area contributed by atoms with Crippen molar-refractivity contribution >= 4 is 16.1 Å².